The second kappa shape index (κ2) is 5.81. The van der Waals surface area contributed by atoms with Crippen LogP contribution in [0.4, 0.5) is 5.69 Å². The average molecular weight is 388 g/mol. The van der Waals surface area contributed by atoms with Gasteiger partial charge >= 0.3 is 0 Å². The zero-order valence-corrected chi connectivity index (χ0v) is 13.6. The molecule has 0 fully saturated rings. The van der Waals surface area contributed by atoms with Crippen molar-refractivity contribution in [3.8, 4) is 0 Å². The number of aromatic nitrogens is 1. The Morgan fingerprint density at radius 3 is 2.57 bits per heavy atom. The van der Waals surface area contributed by atoms with Crippen molar-refractivity contribution in [1.29, 1.82) is 0 Å². The van der Waals surface area contributed by atoms with Crippen molar-refractivity contribution in [2.45, 2.75) is 0 Å². The highest BCUT2D eigenvalue weighted by molar-refractivity contribution is 14.1. The van der Waals surface area contributed by atoms with Gasteiger partial charge in [0.05, 0.1) is 11.2 Å². The lowest BCUT2D eigenvalue weighted by molar-refractivity contribution is 0.0993. The van der Waals surface area contributed by atoms with Gasteiger partial charge < -0.3 is 4.90 Å². The molecule has 0 spiro atoms. The summed E-state index contributed by atoms with van der Waals surface area (Å²) < 4.78 is 1.13. The number of nitrogens with zero attached hydrogens (tertiary/aromatic N) is 2. The van der Waals surface area contributed by atoms with E-state index in [4.69, 9.17) is 0 Å². The van der Waals surface area contributed by atoms with Crippen LogP contribution in [0.25, 0.3) is 10.9 Å². The van der Waals surface area contributed by atoms with E-state index in [1.54, 1.807) is 18.1 Å². The summed E-state index contributed by atoms with van der Waals surface area (Å²) in [7, 11) is 1.78. The molecule has 0 saturated carbocycles. The van der Waals surface area contributed by atoms with Crippen LogP contribution in [-0.4, -0.2) is 17.9 Å². The molecule has 0 unspecified atom stereocenters. The molecule has 0 saturated heterocycles. The fourth-order valence-corrected chi connectivity index (χ4v) is 2.89. The fourth-order valence-electron chi connectivity index (χ4n) is 2.28. The van der Waals surface area contributed by atoms with Gasteiger partial charge in [-0.3, -0.25) is 9.78 Å². The maximum Gasteiger partial charge on any atom is 0.258 e. The first kappa shape index (κ1) is 14.0. The zero-order valence-electron chi connectivity index (χ0n) is 11.5. The molecule has 104 valence electrons. The van der Waals surface area contributed by atoms with Crippen molar-refractivity contribution in [2.75, 3.05) is 11.9 Å². The first-order valence-corrected chi connectivity index (χ1v) is 7.62. The Hall–Kier alpha value is -1.95. The second-order valence-corrected chi connectivity index (χ2v) is 5.86. The Kier molecular flexibility index (Phi) is 3.88. The molecule has 0 aliphatic rings. The van der Waals surface area contributed by atoms with E-state index in [9.17, 15) is 4.79 Å². The van der Waals surface area contributed by atoms with Gasteiger partial charge in [0.25, 0.3) is 5.91 Å². The maximum absolute atomic E-state index is 12.6. The molecule has 0 atom stereocenters. The maximum atomic E-state index is 12.6. The number of amides is 1. The number of hydrogen-bond acceptors (Lipinski definition) is 2. The lowest BCUT2D eigenvalue weighted by Gasteiger charge is -2.19. The molecule has 0 aliphatic carbocycles. The highest BCUT2D eigenvalue weighted by Gasteiger charge is 2.16. The van der Waals surface area contributed by atoms with Gasteiger partial charge in [-0.15, -0.1) is 0 Å². The van der Waals surface area contributed by atoms with Crippen molar-refractivity contribution >= 4 is 45.1 Å². The summed E-state index contributed by atoms with van der Waals surface area (Å²) >= 11 is 2.28. The Morgan fingerprint density at radius 1 is 1.05 bits per heavy atom. The number of carbonyl (C=O) groups is 1. The minimum atomic E-state index is -0.0382. The van der Waals surface area contributed by atoms with Gasteiger partial charge in [-0.1, -0.05) is 24.3 Å². The first-order chi connectivity index (χ1) is 10.2. The Balaban J connectivity index is 2.09. The molecule has 0 N–H and O–H groups in total. The third kappa shape index (κ3) is 2.63. The largest absolute Gasteiger partial charge is 0.309 e. The van der Waals surface area contributed by atoms with E-state index in [0.29, 0.717) is 5.56 Å². The van der Waals surface area contributed by atoms with E-state index in [1.165, 1.54) is 0 Å². The summed E-state index contributed by atoms with van der Waals surface area (Å²) in [6.45, 7) is 0. The number of anilines is 1. The lowest BCUT2D eigenvalue weighted by Crippen LogP contribution is -2.26. The van der Waals surface area contributed by atoms with Crippen molar-refractivity contribution < 1.29 is 4.79 Å². The number of halogens is 1. The number of carbonyl (C=O) groups excluding carboxylic acids is 1. The molecule has 0 bridgehead atoms. The topological polar surface area (TPSA) is 33.2 Å². The van der Waals surface area contributed by atoms with Crippen molar-refractivity contribution in [3.63, 3.8) is 0 Å². The normalized spacial score (nSPS) is 10.6. The Morgan fingerprint density at radius 2 is 1.81 bits per heavy atom. The summed E-state index contributed by atoms with van der Waals surface area (Å²) in [5.41, 5.74) is 2.33. The molecule has 0 aliphatic heterocycles. The van der Waals surface area contributed by atoms with Crippen molar-refractivity contribution in [3.05, 3.63) is 69.9 Å². The van der Waals surface area contributed by atoms with Crippen LogP contribution in [0.1, 0.15) is 10.4 Å². The van der Waals surface area contributed by atoms with E-state index < -0.39 is 0 Å². The van der Waals surface area contributed by atoms with E-state index in [0.717, 1.165) is 20.2 Å². The van der Waals surface area contributed by atoms with Crippen LogP contribution < -0.4 is 4.90 Å². The number of rotatable bonds is 2. The van der Waals surface area contributed by atoms with Gasteiger partial charge in [0.15, 0.2) is 0 Å². The Labute approximate surface area is 136 Å². The molecule has 2 aromatic carbocycles. The number of benzene rings is 2. The van der Waals surface area contributed by atoms with E-state index >= 15 is 0 Å². The second-order valence-electron chi connectivity index (χ2n) is 4.70. The third-order valence-corrected chi connectivity index (χ3v) is 4.32. The predicted molar refractivity (Wildman–Crippen MR) is 93.6 cm³/mol. The summed E-state index contributed by atoms with van der Waals surface area (Å²) in [6.07, 6.45) is 1.75. The van der Waals surface area contributed by atoms with Gasteiger partial charge in [0.2, 0.25) is 0 Å². The monoisotopic (exact) mass is 388 g/mol. The molecule has 1 heterocycles. The predicted octanol–water partition coefficient (Wildman–Crippen LogP) is 4.12. The van der Waals surface area contributed by atoms with Gasteiger partial charge in [0.1, 0.15) is 0 Å². The van der Waals surface area contributed by atoms with Gasteiger partial charge in [-0.05, 0) is 52.9 Å². The molecular formula is C17H13IN2O. The van der Waals surface area contributed by atoms with Crippen LogP contribution >= 0.6 is 22.6 Å². The van der Waals surface area contributed by atoms with Crippen molar-refractivity contribution in [1.82, 2.24) is 4.98 Å². The Bertz CT molecular complexity index is 802. The minimum absolute atomic E-state index is 0.0382. The third-order valence-electron chi connectivity index (χ3n) is 3.38. The van der Waals surface area contributed by atoms with Gasteiger partial charge in [0, 0.05) is 27.8 Å². The van der Waals surface area contributed by atoms with Crippen LogP contribution in [0.2, 0.25) is 0 Å². The molecule has 3 aromatic rings. The van der Waals surface area contributed by atoms with E-state index in [1.807, 2.05) is 54.6 Å². The number of fused-ring (bicyclic) bond motifs is 1. The van der Waals surface area contributed by atoms with Crippen LogP contribution in [-0.2, 0) is 0 Å². The molecule has 1 aromatic heterocycles. The van der Waals surface area contributed by atoms with Crippen LogP contribution in [0.15, 0.2) is 60.8 Å². The van der Waals surface area contributed by atoms with Crippen LogP contribution in [0.3, 0.4) is 0 Å². The SMILES string of the molecule is CN(C(=O)c1ccccc1)c1ccc(I)c2cccnc12. The van der Waals surface area contributed by atoms with Gasteiger partial charge in [-0.2, -0.15) is 0 Å². The van der Waals surface area contributed by atoms with E-state index in [-0.39, 0.29) is 5.91 Å². The molecular weight excluding hydrogens is 375 g/mol. The standard InChI is InChI=1S/C17H13IN2O/c1-20(17(21)12-6-3-2-4-7-12)15-10-9-14(18)13-8-5-11-19-16(13)15/h2-11H,1H3. The number of pyridine rings is 1. The van der Waals surface area contributed by atoms with Crippen molar-refractivity contribution in [2.24, 2.45) is 0 Å². The quantitative estimate of drug-likeness (QED) is 0.619. The highest BCUT2D eigenvalue weighted by Crippen LogP contribution is 2.28. The summed E-state index contributed by atoms with van der Waals surface area (Å²) in [5, 5.41) is 1.06. The lowest BCUT2D eigenvalue weighted by atomic mass is 10.1. The van der Waals surface area contributed by atoms with Gasteiger partial charge in [-0.25, -0.2) is 0 Å². The van der Waals surface area contributed by atoms with Crippen LogP contribution in [0.5, 0.6) is 0 Å². The first-order valence-electron chi connectivity index (χ1n) is 6.55. The molecule has 4 heteroatoms. The zero-order chi connectivity index (χ0) is 14.8. The number of hydrogen-bond donors (Lipinski definition) is 0. The van der Waals surface area contributed by atoms with E-state index in [2.05, 4.69) is 27.6 Å². The summed E-state index contributed by atoms with van der Waals surface area (Å²) in [6, 6.07) is 17.2. The molecule has 3 rings (SSSR count). The highest BCUT2D eigenvalue weighted by atomic mass is 127. The minimum Gasteiger partial charge on any atom is -0.309 e. The fraction of sp³-hybridized carbons (Fsp3) is 0.0588. The molecule has 1 amide bonds. The summed E-state index contributed by atoms with van der Waals surface area (Å²) in [5.74, 6) is -0.0382. The summed E-state index contributed by atoms with van der Waals surface area (Å²) in [4.78, 5) is 18.7. The molecule has 3 nitrogen and oxygen atoms in total. The van der Waals surface area contributed by atoms with Crippen LogP contribution in [0, 0.1) is 3.57 Å². The molecule has 21 heavy (non-hydrogen) atoms. The molecule has 0 radical (unpaired) electrons. The smallest absolute Gasteiger partial charge is 0.258 e. The average Bonchev–Trinajstić information content (AvgIpc) is 2.55.